The first-order valence-corrected chi connectivity index (χ1v) is 9.98. The van der Waals surface area contributed by atoms with Crippen molar-refractivity contribution < 1.29 is 27.8 Å². The van der Waals surface area contributed by atoms with Crippen LogP contribution in [0.25, 0.3) is 10.9 Å². The first kappa shape index (κ1) is 22.9. The molecule has 0 amide bonds. The lowest BCUT2D eigenvalue weighted by Gasteiger charge is -2.24. The number of aromatic amines is 1. The largest absolute Gasteiger partial charge is 0.490 e. The van der Waals surface area contributed by atoms with E-state index >= 15 is 0 Å². The Morgan fingerprint density at radius 3 is 2.71 bits per heavy atom. The molecule has 0 fully saturated rings. The molecule has 1 aliphatic rings. The van der Waals surface area contributed by atoms with Gasteiger partial charge in [-0.3, -0.25) is 4.90 Å². The molecule has 31 heavy (non-hydrogen) atoms. The van der Waals surface area contributed by atoms with Crippen molar-refractivity contribution >= 4 is 16.9 Å². The number of aromatic nitrogens is 2. The normalized spacial score (nSPS) is 17.0. The van der Waals surface area contributed by atoms with E-state index in [9.17, 15) is 13.2 Å². The van der Waals surface area contributed by atoms with Gasteiger partial charge in [0.2, 0.25) is 0 Å². The Labute approximate surface area is 178 Å². The number of carboxylic acid groups (broad SMARTS) is 1. The second kappa shape index (κ2) is 10.0. The summed E-state index contributed by atoms with van der Waals surface area (Å²) < 4.78 is 39.5. The molecule has 0 radical (unpaired) electrons. The maximum Gasteiger partial charge on any atom is 0.490 e. The highest BCUT2D eigenvalue weighted by Crippen LogP contribution is 2.24. The number of hydrogen-bond acceptors (Lipinski definition) is 3. The molecule has 0 bridgehead atoms. The number of rotatable bonds is 5. The molecule has 9 heteroatoms. The van der Waals surface area contributed by atoms with Crippen molar-refractivity contribution in [1.82, 2.24) is 14.5 Å². The van der Waals surface area contributed by atoms with Gasteiger partial charge in [0, 0.05) is 68.9 Å². The van der Waals surface area contributed by atoms with E-state index in [0.29, 0.717) is 5.92 Å². The summed E-state index contributed by atoms with van der Waals surface area (Å²) in [5.74, 6) is -2.13. The molecule has 3 aromatic rings. The van der Waals surface area contributed by atoms with Crippen molar-refractivity contribution in [3.8, 4) is 0 Å². The minimum Gasteiger partial charge on any atom is -0.475 e. The molecular weight excluding hydrogens is 411 g/mol. The fourth-order valence-corrected chi connectivity index (χ4v) is 3.88. The Balaban J connectivity index is 0.000000339. The van der Waals surface area contributed by atoms with Crippen LogP contribution < -0.4 is 0 Å². The Bertz CT molecular complexity index is 996. The molecule has 6 nitrogen and oxygen atoms in total. The van der Waals surface area contributed by atoms with Gasteiger partial charge in [0.1, 0.15) is 0 Å². The van der Waals surface area contributed by atoms with Crippen LogP contribution in [0.3, 0.4) is 0 Å². The first-order chi connectivity index (χ1) is 14.8. The van der Waals surface area contributed by atoms with E-state index in [0.717, 1.165) is 39.2 Å². The van der Waals surface area contributed by atoms with Gasteiger partial charge in [-0.1, -0.05) is 12.1 Å². The number of hydrogen-bond donors (Lipinski definition) is 2. The standard InChI is InChI=1S/C20H25N3O.C2HF3O2/c1-24-11-8-16-12-22(15-18-5-3-10-23(18)13-16)14-17-4-2-6-20-19(17)7-9-21-20;3-2(4,5)1(6)7/h2-7,9-10,16,21H,8,11-15H2,1H3;(H,6,7). The van der Waals surface area contributed by atoms with Crippen LogP contribution in [0.1, 0.15) is 17.7 Å². The van der Waals surface area contributed by atoms with Crippen molar-refractivity contribution in [1.29, 1.82) is 0 Å². The number of methoxy groups -OCH3 is 1. The second-order valence-electron chi connectivity index (χ2n) is 7.63. The van der Waals surface area contributed by atoms with Crippen LogP contribution in [0.4, 0.5) is 13.2 Å². The number of halogens is 3. The number of aliphatic carboxylic acids is 1. The van der Waals surface area contributed by atoms with Gasteiger partial charge in [0.05, 0.1) is 0 Å². The monoisotopic (exact) mass is 437 g/mol. The van der Waals surface area contributed by atoms with Crippen LogP contribution in [-0.4, -0.2) is 52.0 Å². The molecule has 0 saturated carbocycles. The first-order valence-electron chi connectivity index (χ1n) is 9.98. The highest BCUT2D eigenvalue weighted by molar-refractivity contribution is 5.82. The molecule has 3 heterocycles. The topological polar surface area (TPSA) is 70.5 Å². The third-order valence-electron chi connectivity index (χ3n) is 5.33. The summed E-state index contributed by atoms with van der Waals surface area (Å²) in [5, 5.41) is 8.46. The average molecular weight is 437 g/mol. The van der Waals surface area contributed by atoms with E-state index in [-0.39, 0.29) is 0 Å². The van der Waals surface area contributed by atoms with Gasteiger partial charge >= 0.3 is 12.1 Å². The van der Waals surface area contributed by atoms with Crippen LogP contribution in [-0.2, 0) is 29.2 Å². The van der Waals surface area contributed by atoms with Crippen LogP contribution in [0, 0.1) is 5.92 Å². The van der Waals surface area contributed by atoms with E-state index in [4.69, 9.17) is 14.6 Å². The third-order valence-corrected chi connectivity index (χ3v) is 5.33. The van der Waals surface area contributed by atoms with Crippen LogP contribution >= 0.6 is 0 Å². The Kier molecular flexibility index (Phi) is 7.40. The van der Waals surface area contributed by atoms with Crippen LogP contribution in [0.15, 0.2) is 48.8 Å². The molecule has 0 aliphatic carbocycles. The SMILES string of the molecule is COCCC1CN(Cc2cccc3[nH]ccc23)Cc2cccn2C1.O=C(O)C(F)(F)F. The van der Waals surface area contributed by atoms with Crippen molar-refractivity contribution in [2.75, 3.05) is 20.3 Å². The molecule has 0 spiro atoms. The van der Waals surface area contributed by atoms with Gasteiger partial charge in [-0.05, 0) is 42.2 Å². The summed E-state index contributed by atoms with van der Waals surface area (Å²) in [7, 11) is 1.79. The minimum absolute atomic E-state index is 0.629. The van der Waals surface area contributed by atoms with Crippen molar-refractivity contribution in [3.05, 3.63) is 60.0 Å². The molecule has 1 aliphatic heterocycles. The van der Waals surface area contributed by atoms with Crippen molar-refractivity contribution in [3.63, 3.8) is 0 Å². The van der Waals surface area contributed by atoms with Crippen LogP contribution in [0.2, 0.25) is 0 Å². The molecule has 168 valence electrons. The van der Waals surface area contributed by atoms with E-state index < -0.39 is 12.1 Å². The molecule has 2 N–H and O–H groups in total. The number of ether oxygens (including phenoxy) is 1. The number of nitrogens with zero attached hydrogens (tertiary/aromatic N) is 2. The number of carboxylic acids is 1. The quantitative estimate of drug-likeness (QED) is 0.626. The number of H-pyrrole nitrogens is 1. The lowest BCUT2D eigenvalue weighted by Crippen LogP contribution is -2.28. The Morgan fingerprint density at radius 2 is 2.00 bits per heavy atom. The highest BCUT2D eigenvalue weighted by atomic mass is 19.4. The van der Waals surface area contributed by atoms with Crippen LogP contribution in [0.5, 0.6) is 0 Å². The molecular formula is C22H26F3N3O3. The predicted octanol–water partition coefficient (Wildman–Crippen LogP) is 4.27. The van der Waals surface area contributed by atoms with Gasteiger partial charge < -0.3 is 19.4 Å². The van der Waals surface area contributed by atoms with Gasteiger partial charge in [-0.2, -0.15) is 13.2 Å². The zero-order chi connectivity index (χ0) is 22.4. The molecule has 2 aromatic heterocycles. The smallest absolute Gasteiger partial charge is 0.475 e. The molecule has 0 saturated heterocycles. The lowest BCUT2D eigenvalue weighted by atomic mass is 10.0. The fourth-order valence-electron chi connectivity index (χ4n) is 3.88. The minimum atomic E-state index is -5.08. The number of nitrogens with one attached hydrogen (secondary N) is 1. The van der Waals surface area contributed by atoms with Crippen molar-refractivity contribution in [2.45, 2.75) is 32.2 Å². The summed E-state index contributed by atoms with van der Waals surface area (Å²) in [6.45, 7) is 5.05. The fraction of sp³-hybridized carbons (Fsp3) is 0.409. The number of benzene rings is 1. The number of carbonyl (C=O) groups is 1. The summed E-state index contributed by atoms with van der Waals surface area (Å²) in [6, 6.07) is 13.2. The molecule has 1 atom stereocenters. The van der Waals surface area contributed by atoms with Gasteiger partial charge in [0.25, 0.3) is 0 Å². The lowest BCUT2D eigenvalue weighted by molar-refractivity contribution is -0.192. The molecule has 1 aromatic carbocycles. The summed E-state index contributed by atoms with van der Waals surface area (Å²) in [4.78, 5) is 14.8. The Hall–Kier alpha value is -2.78. The average Bonchev–Trinajstić information content (AvgIpc) is 3.33. The third kappa shape index (κ3) is 6.11. The Morgan fingerprint density at radius 1 is 1.23 bits per heavy atom. The molecule has 1 unspecified atom stereocenters. The van der Waals surface area contributed by atoms with E-state index in [1.54, 1.807) is 7.11 Å². The summed E-state index contributed by atoms with van der Waals surface area (Å²) >= 11 is 0. The van der Waals surface area contributed by atoms with Crippen molar-refractivity contribution in [2.24, 2.45) is 5.92 Å². The zero-order valence-corrected chi connectivity index (χ0v) is 17.2. The summed E-state index contributed by atoms with van der Waals surface area (Å²) in [5.41, 5.74) is 4.04. The maximum absolute atomic E-state index is 10.6. The van der Waals surface area contributed by atoms with E-state index in [1.807, 2.05) is 6.20 Å². The van der Waals surface area contributed by atoms with Gasteiger partial charge in [0.15, 0.2) is 0 Å². The maximum atomic E-state index is 10.6. The van der Waals surface area contributed by atoms with Gasteiger partial charge in [-0.25, -0.2) is 4.79 Å². The molecule has 4 rings (SSSR count). The second-order valence-corrected chi connectivity index (χ2v) is 7.63. The zero-order valence-electron chi connectivity index (χ0n) is 17.2. The number of alkyl halides is 3. The highest BCUT2D eigenvalue weighted by Gasteiger charge is 2.38. The summed E-state index contributed by atoms with van der Waals surface area (Å²) in [6.07, 6.45) is 0.271. The number of fused-ring (bicyclic) bond motifs is 2. The predicted molar refractivity (Wildman–Crippen MR) is 111 cm³/mol. The van der Waals surface area contributed by atoms with E-state index in [1.165, 1.54) is 22.2 Å². The van der Waals surface area contributed by atoms with Gasteiger partial charge in [-0.15, -0.1) is 0 Å². The van der Waals surface area contributed by atoms with E-state index in [2.05, 4.69) is 57.0 Å².